The molecule has 0 aromatic carbocycles. The van der Waals surface area contributed by atoms with Crippen LogP contribution >= 0.6 is 0 Å². The molecule has 3 rings (SSSR count). The van der Waals surface area contributed by atoms with Gasteiger partial charge in [-0.15, -0.1) is 0 Å². The first-order valence-electron chi connectivity index (χ1n) is 13.3. The SMILES string of the molecule is NCCCC[C@@H](C(=O)O)N(CC(=O)O)Cc1cccc(-c2cncc(-c3cccc(CN(CC(=O)O)CC(=O)O)n3)n2)n1. The summed E-state index contributed by atoms with van der Waals surface area (Å²) in [6.45, 7) is -1.07. The Hall–Kier alpha value is -4.86. The number of hydrogen-bond acceptors (Lipinski definition) is 11. The molecule has 3 aromatic rings. The van der Waals surface area contributed by atoms with Crippen molar-refractivity contribution < 1.29 is 39.6 Å². The Morgan fingerprint density at radius 2 is 1.23 bits per heavy atom. The molecule has 43 heavy (non-hydrogen) atoms. The number of carboxylic acids is 4. The van der Waals surface area contributed by atoms with E-state index >= 15 is 0 Å². The zero-order valence-electron chi connectivity index (χ0n) is 23.2. The highest BCUT2D eigenvalue weighted by molar-refractivity contribution is 5.75. The summed E-state index contributed by atoms with van der Waals surface area (Å²) in [7, 11) is 0. The lowest BCUT2D eigenvalue weighted by Gasteiger charge is -2.27. The Labute approximate surface area is 246 Å². The summed E-state index contributed by atoms with van der Waals surface area (Å²) in [6, 6.07) is 9.04. The fourth-order valence-corrected chi connectivity index (χ4v) is 4.42. The van der Waals surface area contributed by atoms with Gasteiger partial charge in [0.2, 0.25) is 0 Å². The highest BCUT2D eigenvalue weighted by Crippen LogP contribution is 2.21. The van der Waals surface area contributed by atoms with E-state index in [-0.39, 0.29) is 19.5 Å². The maximum Gasteiger partial charge on any atom is 0.320 e. The van der Waals surface area contributed by atoms with Gasteiger partial charge in [0, 0.05) is 13.1 Å². The monoisotopic (exact) mass is 595 g/mol. The average molecular weight is 596 g/mol. The Morgan fingerprint density at radius 1 is 0.698 bits per heavy atom. The minimum Gasteiger partial charge on any atom is -0.480 e. The molecule has 0 fully saturated rings. The summed E-state index contributed by atoms with van der Waals surface area (Å²) in [5.41, 5.74) is 8.00. The quantitative estimate of drug-likeness (QED) is 0.129. The number of pyridine rings is 2. The molecule has 0 spiro atoms. The summed E-state index contributed by atoms with van der Waals surface area (Å²) in [4.78, 5) is 66.4. The van der Waals surface area contributed by atoms with E-state index in [1.807, 2.05) is 0 Å². The first-order chi connectivity index (χ1) is 20.5. The largest absolute Gasteiger partial charge is 0.480 e. The molecule has 0 saturated carbocycles. The molecule has 3 aromatic heterocycles. The van der Waals surface area contributed by atoms with Gasteiger partial charge in [-0.05, 0) is 43.7 Å². The predicted molar refractivity (Wildman–Crippen MR) is 151 cm³/mol. The number of carbonyl (C=O) groups is 4. The second-order valence-corrected chi connectivity index (χ2v) is 9.69. The molecule has 0 bridgehead atoms. The molecule has 0 amide bonds. The van der Waals surface area contributed by atoms with Crippen LogP contribution in [0.2, 0.25) is 0 Å². The second-order valence-electron chi connectivity index (χ2n) is 9.69. The number of nitrogens with zero attached hydrogens (tertiary/aromatic N) is 6. The van der Waals surface area contributed by atoms with Crippen LogP contribution in [0.3, 0.4) is 0 Å². The van der Waals surface area contributed by atoms with Crippen molar-refractivity contribution in [2.24, 2.45) is 5.73 Å². The van der Waals surface area contributed by atoms with Gasteiger partial charge in [-0.3, -0.25) is 34.0 Å². The lowest BCUT2D eigenvalue weighted by molar-refractivity contribution is -0.147. The maximum atomic E-state index is 12.0. The van der Waals surface area contributed by atoms with Crippen molar-refractivity contribution in [3.05, 3.63) is 60.2 Å². The van der Waals surface area contributed by atoms with Crippen molar-refractivity contribution in [2.75, 3.05) is 26.2 Å². The van der Waals surface area contributed by atoms with Gasteiger partial charge < -0.3 is 26.2 Å². The normalized spacial score (nSPS) is 11.9. The van der Waals surface area contributed by atoms with Gasteiger partial charge in [-0.2, -0.15) is 0 Å². The molecule has 0 aliphatic heterocycles. The molecule has 15 nitrogen and oxygen atoms in total. The van der Waals surface area contributed by atoms with Crippen molar-refractivity contribution in [1.29, 1.82) is 0 Å². The lowest BCUT2D eigenvalue weighted by atomic mass is 10.1. The number of carboxylic acid groups (broad SMARTS) is 4. The van der Waals surface area contributed by atoms with Crippen LogP contribution in [0.5, 0.6) is 0 Å². The number of aromatic nitrogens is 4. The molecule has 0 aliphatic carbocycles. The summed E-state index contributed by atoms with van der Waals surface area (Å²) in [6.07, 6.45) is 4.37. The molecule has 228 valence electrons. The summed E-state index contributed by atoms with van der Waals surface area (Å²) in [5.74, 6) is -4.62. The Morgan fingerprint density at radius 3 is 1.72 bits per heavy atom. The van der Waals surface area contributed by atoms with E-state index in [0.717, 1.165) is 0 Å². The third-order valence-corrected chi connectivity index (χ3v) is 6.24. The van der Waals surface area contributed by atoms with Gasteiger partial charge in [-0.1, -0.05) is 18.6 Å². The first kappa shape index (κ1) is 32.7. The van der Waals surface area contributed by atoms with Gasteiger partial charge in [0.15, 0.2) is 0 Å². The summed E-state index contributed by atoms with van der Waals surface area (Å²) in [5, 5.41) is 37.4. The number of aliphatic carboxylic acids is 4. The van der Waals surface area contributed by atoms with Crippen molar-refractivity contribution in [1.82, 2.24) is 29.7 Å². The zero-order valence-corrected chi connectivity index (χ0v) is 23.2. The van der Waals surface area contributed by atoms with E-state index in [0.29, 0.717) is 53.5 Å². The van der Waals surface area contributed by atoms with E-state index < -0.39 is 49.6 Å². The molecule has 3 heterocycles. The van der Waals surface area contributed by atoms with Crippen LogP contribution in [0.4, 0.5) is 0 Å². The standard InChI is InChI=1S/C28H33N7O8/c29-10-2-1-9-24(28(42)43)35(17-27(40)41)14-19-6-4-8-21(32-19)23-12-30-11-22(33-23)20-7-3-5-18(31-20)13-34(15-25(36)37)16-26(38)39/h3-8,11-12,24H,1-2,9-10,13-17,29H2,(H,36,37)(H,38,39)(H,40,41)(H,42,43)/t24-/m0/s1. The van der Waals surface area contributed by atoms with Crippen LogP contribution in [0.1, 0.15) is 30.7 Å². The fourth-order valence-electron chi connectivity index (χ4n) is 4.42. The Balaban J connectivity index is 1.85. The minimum atomic E-state index is -1.16. The van der Waals surface area contributed by atoms with Crippen molar-refractivity contribution in [2.45, 2.75) is 38.4 Å². The second kappa shape index (κ2) is 16.0. The van der Waals surface area contributed by atoms with Gasteiger partial charge >= 0.3 is 23.9 Å². The third kappa shape index (κ3) is 10.5. The van der Waals surface area contributed by atoms with Crippen LogP contribution in [-0.4, -0.2) is 106 Å². The molecule has 0 saturated heterocycles. The van der Waals surface area contributed by atoms with Crippen LogP contribution in [-0.2, 0) is 32.3 Å². The van der Waals surface area contributed by atoms with Crippen molar-refractivity contribution in [3.63, 3.8) is 0 Å². The van der Waals surface area contributed by atoms with Gasteiger partial charge in [0.05, 0.1) is 54.8 Å². The van der Waals surface area contributed by atoms with E-state index in [1.165, 1.54) is 22.2 Å². The Kier molecular flexibility index (Phi) is 12.1. The minimum absolute atomic E-state index is 0.0143. The zero-order chi connectivity index (χ0) is 31.4. The smallest absolute Gasteiger partial charge is 0.320 e. The fraction of sp³-hybridized carbons (Fsp3) is 0.357. The van der Waals surface area contributed by atoms with Gasteiger partial charge in [0.25, 0.3) is 0 Å². The van der Waals surface area contributed by atoms with E-state index in [2.05, 4.69) is 19.9 Å². The Bertz CT molecular complexity index is 1420. The number of nitrogens with two attached hydrogens (primary N) is 1. The van der Waals surface area contributed by atoms with Crippen LogP contribution in [0, 0.1) is 0 Å². The lowest BCUT2D eigenvalue weighted by Crippen LogP contribution is -2.43. The molecular formula is C28H33N7O8. The molecule has 0 aliphatic rings. The number of rotatable bonds is 18. The van der Waals surface area contributed by atoms with Gasteiger partial charge in [-0.25, -0.2) is 15.0 Å². The van der Waals surface area contributed by atoms with E-state index in [9.17, 15) is 29.4 Å². The van der Waals surface area contributed by atoms with Crippen molar-refractivity contribution >= 4 is 23.9 Å². The van der Waals surface area contributed by atoms with Crippen LogP contribution in [0.25, 0.3) is 22.8 Å². The predicted octanol–water partition coefficient (Wildman–Crippen LogP) is 1.04. The average Bonchev–Trinajstić information content (AvgIpc) is 2.94. The topological polar surface area (TPSA) is 233 Å². The van der Waals surface area contributed by atoms with Gasteiger partial charge in [0.1, 0.15) is 17.4 Å². The molecular weight excluding hydrogens is 562 g/mol. The van der Waals surface area contributed by atoms with Crippen LogP contribution in [0.15, 0.2) is 48.8 Å². The summed E-state index contributed by atoms with van der Waals surface area (Å²) >= 11 is 0. The molecule has 15 heteroatoms. The summed E-state index contributed by atoms with van der Waals surface area (Å²) < 4.78 is 0. The highest BCUT2D eigenvalue weighted by Gasteiger charge is 2.27. The third-order valence-electron chi connectivity index (χ3n) is 6.24. The van der Waals surface area contributed by atoms with Crippen molar-refractivity contribution in [3.8, 4) is 22.8 Å². The highest BCUT2D eigenvalue weighted by atomic mass is 16.4. The first-order valence-corrected chi connectivity index (χ1v) is 13.3. The maximum absolute atomic E-state index is 12.0. The number of unbranched alkanes of at least 4 members (excludes halogenated alkanes) is 1. The number of hydrogen-bond donors (Lipinski definition) is 5. The van der Waals surface area contributed by atoms with Crippen LogP contribution < -0.4 is 5.73 Å². The molecule has 6 N–H and O–H groups in total. The van der Waals surface area contributed by atoms with E-state index in [4.69, 9.17) is 15.9 Å². The molecule has 0 unspecified atom stereocenters. The molecule has 1 atom stereocenters. The van der Waals surface area contributed by atoms with E-state index in [1.54, 1.807) is 36.4 Å². The molecule has 0 radical (unpaired) electrons.